The predicted octanol–water partition coefficient (Wildman–Crippen LogP) is 4.24. The van der Waals surface area contributed by atoms with E-state index in [1.165, 1.54) is 32.3 Å². The molecule has 4 rings (SSSR count). The largest absolute Gasteiger partial charge is 0.291 e. The zero-order chi connectivity index (χ0) is 12.8. The van der Waals surface area contributed by atoms with E-state index in [2.05, 4.69) is 48.5 Å². The van der Waals surface area contributed by atoms with Crippen LogP contribution in [0.4, 0.5) is 0 Å². The molecule has 0 spiro atoms. The lowest BCUT2D eigenvalue weighted by Crippen LogP contribution is -1.90. The first-order valence-electron chi connectivity index (χ1n) is 6.39. The molecule has 0 heterocycles. The van der Waals surface area contributed by atoms with Crippen molar-refractivity contribution in [2.75, 3.05) is 0 Å². The third-order valence-electron chi connectivity index (χ3n) is 3.88. The molecule has 0 bridgehead atoms. The molecule has 0 N–H and O–H groups in total. The smallest absolute Gasteiger partial charge is 0.203 e. The van der Waals surface area contributed by atoms with Crippen molar-refractivity contribution in [3.63, 3.8) is 0 Å². The van der Waals surface area contributed by atoms with Crippen molar-refractivity contribution in [3.8, 4) is 0 Å². The highest BCUT2D eigenvalue weighted by atomic mass is 16.1. The van der Waals surface area contributed by atoms with Gasteiger partial charge >= 0.3 is 0 Å². The Morgan fingerprint density at radius 3 is 2.11 bits per heavy atom. The molecule has 19 heavy (non-hydrogen) atoms. The topological polar surface area (TPSA) is 17.1 Å². The van der Waals surface area contributed by atoms with Crippen LogP contribution < -0.4 is 0 Å². The summed E-state index contributed by atoms with van der Waals surface area (Å²) in [6.45, 7) is 0. The van der Waals surface area contributed by atoms with Crippen LogP contribution in [0.3, 0.4) is 0 Å². The van der Waals surface area contributed by atoms with Gasteiger partial charge in [-0.1, -0.05) is 54.6 Å². The van der Waals surface area contributed by atoms with Crippen LogP contribution in [0.15, 0.2) is 54.6 Å². The molecule has 0 atom stereocenters. The van der Waals surface area contributed by atoms with Crippen molar-refractivity contribution in [1.82, 2.24) is 0 Å². The van der Waals surface area contributed by atoms with Crippen molar-refractivity contribution in [2.24, 2.45) is 0 Å². The van der Waals surface area contributed by atoms with Crippen LogP contribution >= 0.6 is 0 Å². The van der Waals surface area contributed by atoms with E-state index in [0.717, 1.165) is 5.56 Å². The molecule has 0 fully saturated rings. The van der Waals surface area contributed by atoms with Crippen molar-refractivity contribution < 1.29 is 4.79 Å². The summed E-state index contributed by atoms with van der Waals surface area (Å²) >= 11 is 0. The van der Waals surface area contributed by atoms with Crippen molar-refractivity contribution in [2.45, 2.75) is 6.42 Å². The number of hydrogen-bond acceptors (Lipinski definition) is 1. The predicted molar refractivity (Wildman–Crippen MR) is 79.5 cm³/mol. The summed E-state index contributed by atoms with van der Waals surface area (Å²) in [4.78, 5) is 10.7. The van der Waals surface area contributed by atoms with Gasteiger partial charge in [-0.3, -0.25) is 4.79 Å². The molecule has 4 aromatic carbocycles. The minimum Gasteiger partial charge on any atom is -0.291 e. The van der Waals surface area contributed by atoms with Crippen LogP contribution in [0.2, 0.25) is 0 Å². The van der Waals surface area contributed by atoms with Crippen molar-refractivity contribution >= 4 is 38.6 Å². The Bertz CT molecular complexity index is 890. The first-order valence-corrected chi connectivity index (χ1v) is 6.39. The lowest BCUT2D eigenvalue weighted by atomic mass is 9.91. The van der Waals surface area contributed by atoms with Gasteiger partial charge in [0.05, 0.1) is 0 Å². The Hall–Kier alpha value is -2.41. The van der Waals surface area contributed by atoms with E-state index in [9.17, 15) is 4.79 Å². The van der Waals surface area contributed by atoms with E-state index in [4.69, 9.17) is 0 Å². The molecule has 0 unspecified atom stereocenters. The van der Waals surface area contributed by atoms with Crippen LogP contribution in [0.25, 0.3) is 32.3 Å². The van der Waals surface area contributed by atoms with E-state index in [1.54, 1.807) is 0 Å². The van der Waals surface area contributed by atoms with Gasteiger partial charge in [-0.25, -0.2) is 0 Å². The number of carbonyl (C=O) groups excluding carboxylic acids is 1. The molecule has 89 valence electrons. The molecule has 0 aliphatic rings. The molecule has 0 saturated heterocycles. The Labute approximate surface area is 110 Å². The quantitative estimate of drug-likeness (QED) is 0.481. The standard InChI is InChI=1S/C18H11O/c19-11-10-12-4-5-15-7-6-13-2-1-3-14-8-9-16(12)18(15)17(13)14/h1-9H,10H2. The molecule has 0 aliphatic heterocycles. The van der Waals surface area contributed by atoms with Gasteiger partial charge in [-0.05, 0) is 37.9 Å². The maximum absolute atomic E-state index is 10.7. The summed E-state index contributed by atoms with van der Waals surface area (Å²) in [5, 5.41) is 7.47. The fourth-order valence-electron chi connectivity index (χ4n) is 3.03. The van der Waals surface area contributed by atoms with Gasteiger partial charge in [0.1, 0.15) is 0 Å². The molecule has 0 aliphatic carbocycles. The highest BCUT2D eigenvalue weighted by Gasteiger charge is 2.10. The van der Waals surface area contributed by atoms with Gasteiger partial charge in [0.15, 0.2) is 0 Å². The van der Waals surface area contributed by atoms with E-state index >= 15 is 0 Å². The summed E-state index contributed by atoms with van der Waals surface area (Å²) in [5.41, 5.74) is 1.06. The second-order valence-corrected chi connectivity index (χ2v) is 4.90. The van der Waals surface area contributed by atoms with Crippen LogP contribution in [-0.2, 0) is 11.2 Å². The SMILES string of the molecule is O=[C]Cc1ccc2ccc3cccc4ccc1c2c34. The van der Waals surface area contributed by atoms with E-state index < -0.39 is 0 Å². The third-order valence-corrected chi connectivity index (χ3v) is 3.88. The summed E-state index contributed by atoms with van der Waals surface area (Å²) in [7, 11) is 0. The summed E-state index contributed by atoms with van der Waals surface area (Å²) in [6.07, 6.45) is 2.36. The molecule has 1 nitrogen and oxygen atoms in total. The van der Waals surface area contributed by atoms with Crippen molar-refractivity contribution in [3.05, 3.63) is 60.2 Å². The first kappa shape index (κ1) is 10.5. The van der Waals surface area contributed by atoms with Crippen LogP contribution in [0, 0.1) is 0 Å². The highest BCUT2D eigenvalue weighted by Crippen LogP contribution is 2.35. The summed E-state index contributed by atoms with van der Waals surface area (Å²) < 4.78 is 0. The van der Waals surface area contributed by atoms with E-state index in [0.29, 0.717) is 6.42 Å². The minimum absolute atomic E-state index is 0.355. The van der Waals surface area contributed by atoms with Crippen molar-refractivity contribution in [1.29, 1.82) is 0 Å². The third kappa shape index (κ3) is 1.39. The second-order valence-electron chi connectivity index (χ2n) is 4.90. The monoisotopic (exact) mass is 243 g/mol. The van der Waals surface area contributed by atoms with Gasteiger partial charge in [-0.2, -0.15) is 0 Å². The lowest BCUT2D eigenvalue weighted by Gasteiger charge is -2.12. The molecule has 1 heteroatoms. The Morgan fingerprint density at radius 2 is 1.37 bits per heavy atom. The van der Waals surface area contributed by atoms with Crippen LogP contribution in [0.5, 0.6) is 0 Å². The fourth-order valence-corrected chi connectivity index (χ4v) is 3.03. The van der Waals surface area contributed by atoms with Gasteiger partial charge in [-0.15, -0.1) is 0 Å². The molecule has 4 aromatic rings. The average molecular weight is 243 g/mol. The zero-order valence-corrected chi connectivity index (χ0v) is 10.3. The first-order chi connectivity index (χ1) is 9.38. The fraction of sp³-hybridized carbons (Fsp3) is 0.0556. The van der Waals surface area contributed by atoms with Gasteiger partial charge in [0.2, 0.25) is 6.29 Å². The summed E-state index contributed by atoms with van der Waals surface area (Å²) in [5.74, 6) is 0. The van der Waals surface area contributed by atoms with Gasteiger partial charge in [0, 0.05) is 6.42 Å². The Morgan fingerprint density at radius 1 is 0.737 bits per heavy atom. The molecule has 0 saturated carbocycles. The molecular weight excluding hydrogens is 232 g/mol. The van der Waals surface area contributed by atoms with E-state index in [1.807, 2.05) is 12.4 Å². The minimum atomic E-state index is 0.355. The normalized spacial score (nSPS) is 11.6. The van der Waals surface area contributed by atoms with Gasteiger partial charge < -0.3 is 0 Å². The summed E-state index contributed by atoms with van der Waals surface area (Å²) in [6, 6.07) is 19.1. The maximum atomic E-state index is 10.7. The van der Waals surface area contributed by atoms with Gasteiger partial charge in [0.25, 0.3) is 0 Å². The molecule has 0 amide bonds. The van der Waals surface area contributed by atoms with Crippen LogP contribution in [0.1, 0.15) is 5.56 Å². The van der Waals surface area contributed by atoms with E-state index in [-0.39, 0.29) is 0 Å². The lowest BCUT2D eigenvalue weighted by molar-refractivity contribution is 0.555. The average Bonchev–Trinajstić information content (AvgIpc) is 2.46. The molecule has 1 radical (unpaired) electrons. The number of rotatable bonds is 2. The molecule has 0 aromatic heterocycles. The molecular formula is C18H11O. The van der Waals surface area contributed by atoms with Crippen LogP contribution in [-0.4, -0.2) is 6.29 Å². The Kier molecular flexibility index (Phi) is 2.10. The Balaban J connectivity index is 2.31. The zero-order valence-electron chi connectivity index (χ0n) is 10.3. The highest BCUT2D eigenvalue weighted by molar-refractivity contribution is 6.23. The number of benzene rings is 4. The second kappa shape index (κ2) is 3.79. The number of hydrogen-bond donors (Lipinski definition) is 0. The maximum Gasteiger partial charge on any atom is 0.203 e.